The van der Waals surface area contributed by atoms with Gasteiger partial charge in [-0.2, -0.15) is 0 Å². The standard InChI is InChI=1S/C12H14N4O/c1-9-2-3-10-12(15-9)17-7-6-16(10)8-11-13-4-5-14-11/h2-5H,6-8H2,1H3,(H,13,14). The highest BCUT2D eigenvalue weighted by atomic mass is 16.5. The molecule has 2 aromatic rings. The van der Waals surface area contributed by atoms with Crippen LogP contribution in [0.25, 0.3) is 0 Å². The van der Waals surface area contributed by atoms with Crippen molar-refractivity contribution < 1.29 is 4.74 Å². The van der Waals surface area contributed by atoms with E-state index in [0.717, 1.165) is 36.2 Å². The van der Waals surface area contributed by atoms with Gasteiger partial charge in [-0.1, -0.05) is 0 Å². The van der Waals surface area contributed by atoms with Crippen LogP contribution in [0.15, 0.2) is 24.5 Å². The monoisotopic (exact) mass is 230 g/mol. The number of pyridine rings is 1. The Morgan fingerprint density at radius 2 is 2.41 bits per heavy atom. The molecule has 0 saturated carbocycles. The van der Waals surface area contributed by atoms with E-state index in [-0.39, 0.29) is 0 Å². The molecule has 2 aromatic heterocycles. The normalized spacial score (nSPS) is 14.3. The van der Waals surface area contributed by atoms with Crippen molar-refractivity contribution in [3.63, 3.8) is 0 Å². The Labute approximate surface area is 99.5 Å². The molecule has 0 spiro atoms. The fraction of sp³-hybridized carbons (Fsp3) is 0.333. The average Bonchev–Trinajstić information content (AvgIpc) is 2.82. The molecule has 0 radical (unpaired) electrons. The van der Waals surface area contributed by atoms with Crippen LogP contribution in [-0.4, -0.2) is 28.1 Å². The number of H-pyrrole nitrogens is 1. The minimum absolute atomic E-state index is 0.671. The van der Waals surface area contributed by atoms with Gasteiger partial charge in [0.2, 0.25) is 5.88 Å². The van der Waals surface area contributed by atoms with Crippen LogP contribution in [0.5, 0.6) is 5.88 Å². The van der Waals surface area contributed by atoms with Gasteiger partial charge in [-0.05, 0) is 19.1 Å². The molecule has 0 saturated heterocycles. The zero-order chi connectivity index (χ0) is 11.7. The van der Waals surface area contributed by atoms with Crippen molar-refractivity contribution in [3.8, 4) is 5.88 Å². The largest absolute Gasteiger partial charge is 0.474 e. The van der Waals surface area contributed by atoms with Crippen LogP contribution in [0.1, 0.15) is 11.5 Å². The van der Waals surface area contributed by atoms with Gasteiger partial charge in [0.25, 0.3) is 0 Å². The Balaban J connectivity index is 1.89. The van der Waals surface area contributed by atoms with Crippen LogP contribution < -0.4 is 9.64 Å². The van der Waals surface area contributed by atoms with Gasteiger partial charge in [0.15, 0.2) is 0 Å². The molecule has 17 heavy (non-hydrogen) atoms. The van der Waals surface area contributed by atoms with E-state index in [9.17, 15) is 0 Å². The van der Waals surface area contributed by atoms with E-state index in [1.807, 2.05) is 19.2 Å². The number of aryl methyl sites for hydroxylation is 1. The minimum Gasteiger partial charge on any atom is -0.474 e. The average molecular weight is 230 g/mol. The fourth-order valence-electron chi connectivity index (χ4n) is 1.97. The van der Waals surface area contributed by atoms with E-state index in [1.54, 1.807) is 6.20 Å². The van der Waals surface area contributed by atoms with Gasteiger partial charge in [-0.25, -0.2) is 9.97 Å². The number of fused-ring (bicyclic) bond motifs is 1. The van der Waals surface area contributed by atoms with Crippen molar-refractivity contribution in [1.29, 1.82) is 0 Å². The van der Waals surface area contributed by atoms with Gasteiger partial charge < -0.3 is 14.6 Å². The molecule has 5 heteroatoms. The van der Waals surface area contributed by atoms with E-state index >= 15 is 0 Å². The van der Waals surface area contributed by atoms with Crippen molar-refractivity contribution >= 4 is 5.69 Å². The summed E-state index contributed by atoms with van der Waals surface area (Å²) in [4.78, 5) is 14.0. The summed E-state index contributed by atoms with van der Waals surface area (Å²) in [5.74, 6) is 1.68. The molecule has 1 aliphatic rings. The number of hydrogen-bond acceptors (Lipinski definition) is 4. The number of aromatic amines is 1. The van der Waals surface area contributed by atoms with Crippen molar-refractivity contribution in [2.75, 3.05) is 18.1 Å². The number of ether oxygens (including phenoxy) is 1. The molecule has 1 N–H and O–H groups in total. The molecular weight excluding hydrogens is 216 g/mol. The van der Waals surface area contributed by atoms with E-state index in [0.29, 0.717) is 6.61 Å². The summed E-state index contributed by atoms with van der Waals surface area (Å²) in [7, 11) is 0. The first-order chi connectivity index (χ1) is 8.33. The zero-order valence-electron chi connectivity index (χ0n) is 9.68. The molecule has 1 aliphatic heterocycles. The van der Waals surface area contributed by atoms with E-state index in [4.69, 9.17) is 4.74 Å². The maximum Gasteiger partial charge on any atom is 0.237 e. The molecule has 0 fully saturated rings. The summed E-state index contributed by atoms with van der Waals surface area (Å²) >= 11 is 0. The quantitative estimate of drug-likeness (QED) is 0.849. The number of anilines is 1. The maximum absolute atomic E-state index is 5.57. The van der Waals surface area contributed by atoms with Gasteiger partial charge in [0.05, 0.1) is 13.1 Å². The Kier molecular flexibility index (Phi) is 2.44. The predicted octanol–water partition coefficient (Wildman–Crippen LogP) is 1.51. The molecule has 0 atom stereocenters. The van der Waals surface area contributed by atoms with Crippen molar-refractivity contribution in [2.45, 2.75) is 13.5 Å². The third-order valence-corrected chi connectivity index (χ3v) is 2.82. The maximum atomic E-state index is 5.57. The van der Waals surface area contributed by atoms with Gasteiger partial charge in [-0.3, -0.25) is 0 Å². The number of aromatic nitrogens is 3. The minimum atomic E-state index is 0.671. The lowest BCUT2D eigenvalue weighted by atomic mass is 10.2. The van der Waals surface area contributed by atoms with Gasteiger partial charge in [0.1, 0.15) is 18.1 Å². The van der Waals surface area contributed by atoms with E-state index in [2.05, 4.69) is 25.9 Å². The smallest absolute Gasteiger partial charge is 0.237 e. The van der Waals surface area contributed by atoms with Crippen LogP contribution in [-0.2, 0) is 6.54 Å². The summed E-state index contributed by atoms with van der Waals surface area (Å²) in [5.41, 5.74) is 2.02. The van der Waals surface area contributed by atoms with E-state index < -0.39 is 0 Å². The van der Waals surface area contributed by atoms with Gasteiger partial charge in [-0.15, -0.1) is 0 Å². The Morgan fingerprint density at radius 1 is 1.47 bits per heavy atom. The summed E-state index contributed by atoms with van der Waals surface area (Å²) in [5, 5.41) is 0. The summed E-state index contributed by atoms with van der Waals surface area (Å²) in [6, 6.07) is 4.06. The molecule has 3 rings (SSSR count). The van der Waals surface area contributed by atoms with E-state index in [1.165, 1.54) is 0 Å². The highest BCUT2D eigenvalue weighted by Crippen LogP contribution is 2.30. The van der Waals surface area contributed by atoms with Crippen LogP contribution in [0, 0.1) is 6.92 Å². The van der Waals surface area contributed by atoms with Crippen LogP contribution in [0.3, 0.4) is 0 Å². The lowest BCUT2D eigenvalue weighted by molar-refractivity contribution is 0.293. The third kappa shape index (κ3) is 1.95. The molecular formula is C12H14N4O. The van der Waals surface area contributed by atoms with Gasteiger partial charge >= 0.3 is 0 Å². The lowest BCUT2D eigenvalue weighted by Crippen LogP contribution is -2.33. The van der Waals surface area contributed by atoms with Crippen molar-refractivity contribution in [2.24, 2.45) is 0 Å². The first-order valence-corrected chi connectivity index (χ1v) is 5.66. The summed E-state index contributed by atoms with van der Waals surface area (Å²) < 4.78 is 5.57. The first-order valence-electron chi connectivity index (χ1n) is 5.66. The molecule has 0 bridgehead atoms. The zero-order valence-corrected chi connectivity index (χ0v) is 9.68. The predicted molar refractivity (Wildman–Crippen MR) is 64.1 cm³/mol. The summed E-state index contributed by atoms with van der Waals surface area (Å²) in [6.07, 6.45) is 3.61. The van der Waals surface area contributed by atoms with Crippen LogP contribution >= 0.6 is 0 Å². The number of nitrogens with zero attached hydrogens (tertiary/aromatic N) is 3. The molecule has 5 nitrogen and oxygen atoms in total. The molecule has 0 aliphatic carbocycles. The highest BCUT2D eigenvalue weighted by Gasteiger charge is 2.19. The van der Waals surface area contributed by atoms with Crippen molar-refractivity contribution in [3.05, 3.63) is 36.0 Å². The highest BCUT2D eigenvalue weighted by molar-refractivity contribution is 5.56. The lowest BCUT2D eigenvalue weighted by Gasteiger charge is -2.29. The fourth-order valence-corrected chi connectivity index (χ4v) is 1.97. The number of hydrogen-bond donors (Lipinski definition) is 1. The van der Waals surface area contributed by atoms with Gasteiger partial charge in [0, 0.05) is 18.1 Å². The Bertz CT molecular complexity index is 509. The first kappa shape index (κ1) is 10.1. The molecule has 0 aromatic carbocycles. The Hall–Kier alpha value is -2.04. The van der Waals surface area contributed by atoms with Crippen LogP contribution in [0.4, 0.5) is 5.69 Å². The third-order valence-electron chi connectivity index (χ3n) is 2.82. The topological polar surface area (TPSA) is 54.0 Å². The number of imidazole rings is 1. The van der Waals surface area contributed by atoms with Crippen molar-refractivity contribution in [1.82, 2.24) is 15.0 Å². The molecule has 88 valence electrons. The second kappa shape index (κ2) is 4.08. The Morgan fingerprint density at radius 3 is 3.24 bits per heavy atom. The number of rotatable bonds is 2. The van der Waals surface area contributed by atoms with Crippen LogP contribution in [0.2, 0.25) is 0 Å². The number of nitrogens with one attached hydrogen (secondary N) is 1. The SMILES string of the molecule is Cc1ccc2c(n1)OCCN2Cc1ncc[nH]1. The molecule has 0 unspecified atom stereocenters. The molecule has 3 heterocycles. The second-order valence-corrected chi connectivity index (χ2v) is 4.08. The second-order valence-electron chi connectivity index (χ2n) is 4.08. The summed E-state index contributed by atoms with van der Waals surface area (Å²) in [6.45, 7) is 4.26. The molecule has 0 amide bonds.